The van der Waals surface area contributed by atoms with Gasteiger partial charge in [0.25, 0.3) is 5.91 Å². The number of benzene rings is 2. The van der Waals surface area contributed by atoms with Crippen LogP contribution in [0.2, 0.25) is 5.02 Å². The van der Waals surface area contributed by atoms with Crippen LogP contribution in [-0.4, -0.2) is 10.9 Å². The number of nitrogens with zero attached hydrogens (tertiary/aromatic N) is 1. The minimum Gasteiger partial charge on any atom is -0.349 e. The molecular weight excluding hydrogens is 366 g/mol. The number of amides is 1. The maximum atomic E-state index is 12.4. The molecule has 0 aliphatic rings. The molecule has 22 heavy (non-hydrogen) atoms. The summed E-state index contributed by atoms with van der Waals surface area (Å²) < 4.78 is 0.884. The van der Waals surface area contributed by atoms with E-state index in [-0.39, 0.29) is 11.6 Å². The van der Waals surface area contributed by atoms with Gasteiger partial charge in [0.15, 0.2) is 0 Å². The van der Waals surface area contributed by atoms with E-state index < -0.39 is 0 Å². The zero-order chi connectivity index (χ0) is 15.7. The molecule has 0 bridgehead atoms. The summed E-state index contributed by atoms with van der Waals surface area (Å²) in [6.45, 7) is 0. The van der Waals surface area contributed by atoms with E-state index in [1.165, 1.54) is 0 Å². The lowest BCUT2D eigenvalue weighted by molar-refractivity contribution is 0.102. The SMILES string of the molecule is N#Cc1cccc(NC(=O)c2[nH]c3ccc(Br)cc3c2Cl)c1. The molecule has 0 saturated carbocycles. The number of H-pyrrole nitrogens is 1. The van der Waals surface area contributed by atoms with Gasteiger partial charge in [-0.05, 0) is 36.4 Å². The number of aromatic nitrogens is 1. The minimum atomic E-state index is -0.354. The first-order valence-electron chi connectivity index (χ1n) is 6.37. The van der Waals surface area contributed by atoms with Gasteiger partial charge in [0.05, 0.1) is 16.7 Å². The van der Waals surface area contributed by atoms with Gasteiger partial charge in [0, 0.05) is 21.1 Å². The van der Waals surface area contributed by atoms with Crippen LogP contribution in [-0.2, 0) is 0 Å². The summed E-state index contributed by atoms with van der Waals surface area (Å²) in [6.07, 6.45) is 0. The van der Waals surface area contributed by atoms with Gasteiger partial charge in [-0.3, -0.25) is 4.79 Å². The number of hydrogen-bond acceptors (Lipinski definition) is 2. The van der Waals surface area contributed by atoms with E-state index in [4.69, 9.17) is 16.9 Å². The average Bonchev–Trinajstić information content (AvgIpc) is 2.84. The van der Waals surface area contributed by atoms with Crippen LogP contribution in [0.5, 0.6) is 0 Å². The van der Waals surface area contributed by atoms with E-state index in [1.807, 2.05) is 24.3 Å². The van der Waals surface area contributed by atoms with E-state index in [2.05, 4.69) is 26.2 Å². The number of nitrogens with one attached hydrogen (secondary N) is 2. The maximum Gasteiger partial charge on any atom is 0.273 e. The Morgan fingerprint density at radius 2 is 2.09 bits per heavy atom. The molecule has 1 aromatic heterocycles. The standard InChI is InChI=1S/C16H9BrClN3O/c17-10-4-5-13-12(7-10)14(18)15(21-13)16(22)20-11-3-1-2-9(6-11)8-19/h1-7,21H,(H,20,22). The van der Waals surface area contributed by atoms with Crippen molar-refractivity contribution in [1.29, 1.82) is 5.26 Å². The number of carbonyl (C=O) groups is 1. The number of nitriles is 1. The van der Waals surface area contributed by atoms with Crippen LogP contribution >= 0.6 is 27.5 Å². The van der Waals surface area contributed by atoms with Crippen molar-refractivity contribution in [2.45, 2.75) is 0 Å². The topological polar surface area (TPSA) is 68.7 Å². The lowest BCUT2D eigenvalue weighted by Gasteiger charge is -2.04. The molecule has 0 aliphatic carbocycles. The van der Waals surface area contributed by atoms with Crippen LogP contribution in [0, 0.1) is 11.3 Å². The molecule has 0 saturated heterocycles. The molecule has 2 aromatic carbocycles. The van der Waals surface area contributed by atoms with Gasteiger partial charge < -0.3 is 10.3 Å². The Balaban J connectivity index is 1.95. The van der Waals surface area contributed by atoms with Crippen LogP contribution in [0.25, 0.3) is 10.9 Å². The zero-order valence-electron chi connectivity index (χ0n) is 11.2. The highest BCUT2D eigenvalue weighted by Gasteiger charge is 2.16. The van der Waals surface area contributed by atoms with Crippen molar-refractivity contribution in [3.63, 3.8) is 0 Å². The van der Waals surface area contributed by atoms with Crippen molar-refractivity contribution in [3.8, 4) is 6.07 Å². The molecule has 1 heterocycles. The fourth-order valence-corrected chi connectivity index (χ4v) is 2.80. The highest BCUT2D eigenvalue weighted by molar-refractivity contribution is 9.10. The normalized spacial score (nSPS) is 10.4. The summed E-state index contributed by atoms with van der Waals surface area (Å²) in [5, 5.41) is 12.8. The van der Waals surface area contributed by atoms with Gasteiger partial charge in [-0.15, -0.1) is 0 Å². The third kappa shape index (κ3) is 2.71. The van der Waals surface area contributed by atoms with Gasteiger partial charge in [-0.1, -0.05) is 33.6 Å². The van der Waals surface area contributed by atoms with Gasteiger partial charge in [-0.2, -0.15) is 5.26 Å². The van der Waals surface area contributed by atoms with Crippen molar-refractivity contribution < 1.29 is 4.79 Å². The van der Waals surface area contributed by atoms with Gasteiger partial charge in [0.1, 0.15) is 5.69 Å². The van der Waals surface area contributed by atoms with Gasteiger partial charge in [-0.25, -0.2) is 0 Å². The summed E-state index contributed by atoms with van der Waals surface area (Å²) in [7, 11) is 0. The number of halogens is 2. The Morgan fingerprint density at radius 1 is 1.27 bits per heavy atom. The van der Waals surface area contributed by atoms with Crippen LogP contribution in [0.4, 0.5) is 5.69 Å². The molecule has 0 radical (unpaired) electrons. The Morgan fingerprint density at radius 3 is 2.86 bits per heavy atom. The number of carbonyl (C=O) groups excluding carboxylic acids is 1. The van der Waals surface area contributed by atoms with Crippen molar-refractivity contribution >= 4 is 50.0 Å². The van der Waals surface area contributed by atoms with Crippen molar-refractivity contribution in [1.82, 2.24) is 4.98 Å². The number of rotatable bonds is 2. The summed E-state index contributed by atoms with van der Waals surface area (Å²) in [4.78, 5) is 15.4. The quantitative estimate of drug-likeness (QED) is 0.682. The van der Waals surface area contributed by atoms with Crippen LogP contribution in [0.1, 0.15) is 16.1 Å². The number of hydrogen-bond donors (Lipinski definition) is 2. The summed E-state index contributed by atoms with van der Waals surface area (Å²) in [5.41, 5.74) is 2.09. The number of aromatic amines is 1. The second-order valence-corrected chi connectivity index (χ2v) is 5.94. The number of fused-ring (bicyclic) bond motifs is 1. The molecule has 0 atom stereocenters. The van der Waals surface area contributed by atoms with Crippen LogP contribution < -0.4 is 5.32 Å². The third-order valence-electron chi connectivity index (χ3n) is 3.17. The predicted molar refractivity (Wildman–Crippen MR) is 90.1 cm³/mol. The van der Waals surface area contributed by atoms with E-state index in [9.17, 15) is 4.79 Å². The number of anilines is 1. The molecule has 4 nitrogen and oxygen atoms in total. The molecule has 3 rings (SSSR count). The largest absolute Gasteiger partial charge is 0.349 e. The molecule has 0 spiro atoms. The summed E-state index contributed by atoms with van der Waals surface area (Å²) in [6, 6.07) is 14.3. The van der Waals surface area contributed by atoms with Crippen molar-refractivity contribution in [3.05, 3.63) is 63.2 Å². The highest BCUT2D eigenvalue weighted by atomic mass is 79.9. The Kier molecular flexibility index (Phi) is 3.88. The lowest BCUT2D eigenvalue weighted by Crippen LogP contribution is -2.12. The van der Waals surface area contributed by atoms with Crippen LogP contribution in [0.3, 0.4) is 0 Å². The molecule has 0 unspecified atom stereocenters. The molecule has 0 fully saturated rings. The van der Waals surface area contributed by atoms with Crippen molar-refractivity contribution in [2.24, 2.45) is 0 Å². The second-order valence-electron chi connectivity index (χ2n) is 4.65. The smallest absolute Gasteiger partial charge is 0.273 e. The summed E-state index contributed by atoms with van der Waals surface area (Å²) >= 11 is 9.66. The molecule has 108 valence electrons. The van der Waals surface area contributed by atoms with Gasteiger partial charge in [0.2, 0.25) is 0 Å². The summed E-state index contributed by atoms with van der Waals surface area (Å²) in [5.74, 6) is -0.354. The fourth-order valence-electron chi connectivity index (χ4n) is 2.15. The first-order valence-corrected chi connectivity index (χ1v) is 7.54. The van der Waals surface area contributed by atoms with E-state index in [0.29, 0.717) is 16.3 Å². The molecule has 3 aromatic rings. The Bertz CT molecular complexity index is 927. The molecule has 2 N–H and O–H groups in total. The van der Waals surface area contributed by atoms with E-state index >= 15 is 0 Å². The zero-order valence-corrected chi connectivity index (χ0v) is 13.5. The fraction of sp³-hybridized carbons (Fsp3) is 0. The molecular formula is C16H9BrClN3O. The van der Waals surface area contributed by atoms with E-state index in [0.717, 1.165) is 15.4 Å². The first kappa shape index (κ1) is 14.6. The van der Waals surface area contributed by atoms with Crippen molar-refractivity contribution in [2.75, 3.05) is 5.32 Å². The van der Waals surface area contributed by atoms with E-state index in [1.54, 1.807) is 24.3 Å². The minimum absolute atomic E-state index is 0.289. The second kappa shape index (κ2) is 5.84. The Labute approximate surface area is 139 Å². The monoisotopic (exact) mass is 373 g/mol. The average molecular weight is 375 g/mol. The molecule has 1 amide bonds. The van der Waals surface area contributed by atoms with Gasteiger partial charge >= 0.3 is 0 Å². The Hall–Kier alpha value is -2.29. The highest BCUT2D eigenvalue weighted by Crippen LogP contribution is 2.30. The maximum absolute atomic E-state index is 12.4. The molecule has 0 aliphatic heterocycles. The van der Waals surface area contributed by atoms with Crippen LogP contribution in [0.15, 0.2) is 46.9 Å². The predicted octanol–water partition coefficient (Wildman–Crippen LogP) is 4.71. The molecule has 6 heteroatoms. The lowest BCUT2D eigenvalue weighted by atomic mass is 10.2. The first-order chi connectivity index (χ1) is 10.6. The third-order valence-corrected chi connectivity index (χ3v) is 4.06.